The van der Waals surface area contributed by atoms with Gasteiger partial charge in [-0.1, -0.05) is 41.9 Å². The smallest absolute Gasteiger partial charge is 0.227 e. The Balaban J connectivity index is 1.63. The second kappa shape index (κ2) is 8.44. The molecule has 1 fully saturated rings. The molecule has 3 rings (SSSR count). The number of carbonyl (C=O) groups excluding carboxylic acids is 2. The molecule has 1 N–H and O–H groups in total. The molecule has 2 aromatic carbocycles. The molecule has 1 aliphatic heterocycles. The molecule has 0 radical (unpaired) electrons. The van der Waals surface area contributed by atoms with Crippen LogP contribution in [0.1, 0.15) is 25.8 Å². The van der Waals surface area contributed by atoms with E-state index in [1.54, 1.807) is 17.0 Å². The number of halogens is 1. The fourth-order valence-electron chi connectivity index (χ4n) is 3.13. The number of hydrogen-bond donors (Lipinski definition) is 1. The van der Waals surface area contributed by atoms with E-state index < -0.39 is 5.92 Å². The molecule has 2 aromatic rings. The summed E-state index contributed by atoms with van der Waals surface area (Å²) >= 11 is 6.19. The Morgan fingerprint density at radius 1 is 1.22 bits per heavy atom. The summed E-state index contributed by atoms with van der Waals surface area (Å²) in [6.45, 7) is 4.61. The first kappa shape index (κ1) is 19.2. The molecule has 27 heavy (non-hydrogen) atoms. The lowest BCUT2D eigenvalue weighted by Gasteiger charge is -2.18. The molecule has 0 bridgehead atoms. The maximum absolute atomic E-state index is 12.6. The van der Waals surface area contributed by atoms with Crippen molar-refractivity contribution in [1.82, 2.24) is 5.32 Å². The van der Waals surface area contributed by atoms with Gasteiger partial charge in [-0.15, -0.1) is 0 Å². The van der Waals surface area contributed by atoms with Crippen LogP contribution in [0.25, 0.3) is 0 Å². The Morgan fingerprint density at radius 3 is 2.67 bits per heavy atom. The van der Waals surface area contributed by atoms with Gasteiger partial charge in [0.1, 0.15) is 5.75 Å². The van der Waals surface area contributed by atoms with E-state index >= 15 is 0 Å². The van der Waals surface area contributed by atoms with Gasteiger partial charge in [-0.3, -0.25) is 9.59 Å². The number of nitrogens with one attached hydrogen (secondary N) is 1. The SMILES string of the molecule is CC(C)Oc1ccccc1CNC(=O)[C@@H]1CC(=O)N(c2ccccc2Cl)C1. The zero-order valence-electron chi connectivity index (χ0n) is 15.4. The van der Waals surface area contributed by atoms with Crippen LogP contribution in [0.15, 0.2) is 48.5 Å². The van der Waals surface area contributed by atoms with Gasteiger partial charge >= 0.3 is 0 Å². The van der Waals surface area contributed by atoms with E-state index in [1.807, 2.05) is 50.2 Å². The molecule has 0 saturated carbocycles. The summed E-state index contributed by atoms with van der Waals surface area (Å²) in [6, 6.07) is 14.8. The number of amides is 2. The van der Waals surface area contributed by atoms with Crippen LogP contribution in [-0.4, -0.2) is 24.5 Å². The minimum absolute atomic E-state index is 0.0542. The summed E-state index contributed by atoms with van der Waals surface area (Å²) in [5.74, 6) is 0.129. The highest BCUT2D eigenvalue weighted by atomic mass is 35.5. The van der Waals surface area contributed by atoms with Crippen molar-refractivity contribution in [3.05, 3.63) is 59.1 Å². The van der Waals surface area contributed by atoms with Gasteiger partial charge in [0.05, 0.1) is 22.7 Å². The molecule has 5 nitrogen and oxygen atoms in total. The third-order valence-corrected chi connectivity index (χ3v) is 4.75. The third-order valence-electron chi connectivity index (χ3n) is 4.43. The Labute approximate surface area is 164 Å². The van der Waals surface area contributed by atoms with Crippen LogP contribution < -0.4 is 15.0 Å². The molecule has 1 saturated heterocycles. The van der Waals surface area contributed by atoms with Crippen molar-refractivity contribution >= 4 is 29.1 Å². The predicted molar refractivity (Wildman–Crippen MR) is 106 cm³/mol. The Bertz CT molecular complexity index is 838. The molecule has 0 spiro atoms. The number of nitrogens with zero attached hydrogens (tertiary/aromatic N) is 1. The Hall–Kier alpha value is -2.53. The highest BCUT2D eigenvalue weighted by molar-refractivity contribution is 6.33. The Kier molecular flexibility index (Phi) is 6.01. The van der Waals surface area contributed by atoms with E-state index in [2.05, 4.69) is 5.32 Å². The molecule has 0 aliphatic carbocycles. The van der Waals surface area contributed by atoms with E-state index in [-0.39, 0.29) is 24.3 Å². The van der Waals surface area contributed by atoms with Crippen LogP contribution in [0.4, 0.5) is 5.69 Å². The maximum Gasteiger partial charge on any atom is 0.227 e. The number of hydrogen-bond acceptors (Lipinski definition) is 3. The summed E-state index contributed by atoms with van der Waals surface area (Å²) in [5, 5.41) is 3.44. The second-order valence-corrected chi connectivity index (χ2v) is 7.26. The van der Waals surface area contributed by atoms with Crippen LogP contribution in [0, 0.1) is 5.92 Å². The maximum atomic E-state index is 12.6. The molecule has 142 valence electrons. The lowest BCUT2D eigenvalue weighted by atomic mass is 10.1. The van der Waals surface area contributed by atoms with Gasteiger partial charge in [0.25, 0.3) is 0 Å². The molecule has 0 unspecified atom stereocenters. The van der Waals surface area contributed by atoms with E-state index in [4.69, 9.17) is 16.3 Å². The molecular weight excluding hydrogens is 364 g/mol. The second-order valence-electron chi connectivity index (χ2n) is 6.85. The molecule has 6 heteroatoms. The van der Waals surface area contributed by atoms with Crippen molar-refractivity contribution in [3.8, 4) is 5.75 Å². The topological polar surface area (TPSA) is 58.6 Å². The zero-order chi connectivity index (χ0) is 19.4. The van der Waals surface area contributed by atoms with Crippen molar-refractivity contribution in [1.29, 1.82) is 0 Å². The first-order valence-corrected chi connectivity index (χ1v) is 9.40. The lowest BCUT2D eigenvalue weighted by Crippen LogP contribution is -2.32. The predicted octanol–water partition coefficient (Wildman–Crippen LogP) is 3.80. The van der Waals surface area contributed by atoms with Crippen LogP contribution in [0.3, 0.4) is 0 Å². The summed E-state index contributed by atoms with van der Waals surface area (Å²) in [5.41, 5.74) is 1.56. The number of anilines is 1. The van der Waals surface area contributed by atoms with Gasteiger partial charge in [-0.2, -0.15) is 0 Å². The molecule has 1 heterocycles. The lowest BCUT2D eigenvalue weighted by molar-refractivity contribution is -0.126. The first-order chi connectivity index (χ1) is 13.0. The van der Waals surface area contributed by atoms with Gasteiger partial charge in [-0.05, 0) is 32.0 Å². The fraction of sp³-hybridized carbons (Fsp3) is 0.333. The van der Waals surface area contributed by atoms with Crippen LogP contribution in [0.2, 0.25) is 5.02 Å². The van der Waals surface area contributed by atoms with E-state index in [0.29, 0.717) is 23.8 Å². The molecular formula is C21H23ClN2O3. The largest absolute Gasteiger partial charge is 0.491 e. The third kappa shape index (κ3) is 4.61. The first-order valence-electron chi connectivity index (χ1n) is 9.03. The van der Waals surface area contributed by atoms with Crippen molar-refractivity contribution in [2.75, 3.05) is 11.4 Å². The minimum Gasteiger partial charge on any atom is -0.491 e. The number of ether oxygens (including phenoxy) is 1. The number of carbonyl (C=O) groups is 2. The van der Waals surface area contributed by atoms with Crippen LogP contribution in [-0.2, 0) is 16.1 Å². The normalized spacial score (nSPS) is 16.7. The van der Waals surface area contributed by atoms with E-state index in [0.717, 1.165) is 11.3 Å². The molecule has 2 amide bonds. The summed E-state index contributed by atoms with van der Waals surface area (Å²) in [4.78, 5) is 26.5. The van der Waals surface area contributed by atoms with Gasteiger partial charge in [0.15, 0.2) is 0 Å². The average Bonchev–Trinajstić information content (AvgIpc) is 3.02. The number of rotatable bonds is 6. The Morgan fingerprint density at radius 2 is 1.93 bits per heavy atom. The molecule has 1 aliphatic rings. The summed E-state index contributed by atoms with van der Waals surface area (Å²) in [6.07, 6.45) is 0.236. The van der Waals surface area contributed by atoms with Gasteiger partial charge < -0.3 is 15.0 Å². The van der Waals surface area contributed by atoms with Crippen LogP contribution in [0.5, 0.6) is 5.75 Å². The zero-order valence-corrected chi connectivity index (χ0v) is 16.2. The monoisotopic (exact) mass is 386 g/mol. The van der Waals surface area contributed by atoms with Crippen molar-refractivity contribution in [3.63, 3.8) is 0 Å². The minimum atomic E-state index is -0.396. The standard InChI is InChI=1S/C21H23ClN2O3/c1-14(2)27-19-10-6-3-7-15(19)12-23-21(26)16-11-20(25)24(13-16)18-9-5-4-8-17(18)22/h3-10,14,16H,11-13H2,1-2H3,(H,23,26)/t16-/m1/s1. The summed E-state index contributed by atoms with van der Waals surface area (Å²) < 4.78 is 5.78. The summed E-state index contributed by atoms with van der Waals surface area (Å²) in [7, 11) is 0. The number of benzene rings is 2. The average molecular weight is 387 g/mol. The highest BCUT2D eigenvalue weighted by Crippen LogP contribution is 2.31. The number of para-hydroxylation sites is 2. The van der Waals surface area contributed by atoms with Crippen molar-refractivity contribution < 1.29 is 14.3 Å². The van der Waals surface area contributed by atoms with E-state index in [9.17, 15) is 9.59 Å². The molecule has 0 aromatic heterocycles. The van der Waals surface area contributed by atoms with Crippen molar-refractivity contribution in [2.45, 2.75) is 32.9 Å². The van der Waals surface area contributed by atoms with Gasteiger partial charge in [-0.25, -0.2) is 0 Å². The van der Waals surface area contributed by atoms with E-state index in [1.165, 1.54) is 0 Å². The fourth-order valence-corrected chi connectivity index (χ4v) is 3.37. The van der Waals surface area contributed by atoms with Crippen molar-refractivity contribution in [2.24, 2.45) is 5.92 Å². The van der Waals surface area contributed by atoms with Gasteiger partial charge in [0, 0.05) is 25.1 Å². The van der Waals surface area contributed by atoms with Gasteiger partial charge in [0.2, 0.25) is 11.8 Å². The van der Waals surface area contributed by atoms with Crippen LogP contribution >= 0.6 is 11.6 Å². The quantitative estimate of drug-likeness (QED) is 0.821. The highest BCUT2D eigenvalue weighted by Gasteiger charge is 2.35. The molecule has 1 atom stereocenters.